The number of nitrogens with zero attached hydrogens (tertiary/aromatic N) is 3. The number of hydrogen-bond donors (Lipinski definition) is 0. The first-order chi connectivity index (χ1) is 6.70. The zero-order chi connectivity index (χ0) is 10.1. The van der Waals surface area contributed by atoms with Gasteiger partial charge in [0.1, 0.15) is 0 Å². The summed E-state index contributed by atoms with van der Waals surface area (Å²) in [4.78, 5) is 0. The standard InChI is InChI=1S/C11H15N3/c1-8(2)14-7-10-5-9(6-12)3-4-11(10)13-14/h7-9H,3-5H2,1-2H3. The van der Waals surface area contributed by atoms with Crippen molar-refractivity contribution in [1.29, 1.82) is 5.26 Å². The Morgan fingerprint density at radius 2 is 2.43 bits per heavy atom. The molecule has 0 saturated heterocycles. The number of rotatable bonds is 1. The predicted molar refractivity (Wildman–Crippen MR) is 53.7 cm³/mol. The summed E-state index contributed by atoms with van der Waals surface area (Å²) < 4.78 is 2.00. The van der Waals surface area contributed by atoms with Gasteiger partial charge in [-0.3, -0.25) is 4.68 Å². The van der Waals surface area contributed by atoms with Crippen LogP contribution in [0.2, 0.25) is 0 Å². The van der Waals surface area contributed by atoms with E-state index in [1.165, 1.54) is 11.3 Å². The SMILES string of the molecule is CC(C)n1cc2c(n1)CCC(C#N)C2. The smallest absolute Gasteiger partial charge is 0.0659 e. The number of hydrogen-bond acceptors (Lipinski definition) is 2. The maximum absolute atomic E-state index is 8.86. The van der Waals surface area contributed by atoms with Crippen LogP contribution in [0.25, 0.3) is 0 Å². The lowest BCUT2D eigenvalue weighted by Crippen LogP contribution is -2.11. The molecule has 0 N–H and O–H groups in total. The minimum atomic E-state index is 0.201. The Bertz CT molecular complexity index is 370. The fraction of sp³-hybridized carbons (Fsp3) is 0.636. The summed E-state index contributed by atoms with van der Waals surface area (Å²) in [5, 5.41) is 13.4. The van der Waals surface area contributed by atoms with Crippen molar-refractivity contribution in [3.8, 4) is 6.07 Å². The Morgan fingerprint density at radius 1 is 1.64 bits per heavy atom. The van der Waals surface area contributed by atoms with Crippen molar-refractivity contribution in [1.82, 2.24) is 9.78 Å². The molecule has 0 saturated carbocycles. The molecule has 3 nitrogen and oxygen atoms in total. The largest absolute Gasteiger partial charge is 0.270 e. The van der Waals surface area contributed by atoms with Gasteiger partial charge in [-0.25, -0.2) is 0 Å². The highest BCUT2D eigenvalue weighted by Gasteiger charge is 2.21. The molecule has 14 heavy (non-hydrogen) atoms. The molecule has 1 aliphatic carbocycles. The zero-order valence-corrected chi connectivity index (χ0v) is 8.70. The van der Waals surface area contributed by atoms with Gasteiger partial charge in [0.2, 0.25) is 0 Å². The zero-order valence-electron chi connectivity index (χ0n) is 8.70. The van der Waals surface area contributed by atoms with E-state index in [1.807, 2.05) is 4.68 Å². The molecule has 1 aromatic rings. The first kappa shape index (κ1) is 9.26. The third-order valence-corrected chi connectivity index (χ3v) is 2.80. The molecular formula is C11H15N3. The molecule has 2 rings (SSSR count). The van der Waals surface area contributed by atoms with E-state index in [1.54, 1.807) is 0 Å². The Kier molecular flexibility index (Phi) is 2.28. The van der Waals surface area contributed by atoms with Gasteiger partial charge in [-0.2, -0.15) is 10.4 Å². The van der Waals surface area contributed by atoms with E-state index in [4.69, 9.17) is 5.26 Å². The minimum absolute atomic E-state index is 0.201. The van der Waals surface area contributed by atoms with Gasteiger partial charge in [-0.05, 0) is 38.7 Å². The van der Waals surface area contributed by atoms with Gasteiger partial charge in [0, 0.05) is 12.2 Å². The highest BCUT2D eigenvalue weighted by atomic mass is 15.3. The predicted octanol–water partition coefficient (Wildman–Crippen LogP) is 2.09. The topological polar surface area (TPSA) is 41.6 Å². The number of aromatic nitrogens is 2. The van der Waals surface area contributed by atoms with Gasteiger partial charge in [0.25, 0.3) is 0 Å². The van der Waals surface area contributed by atoms with Crippen LogP contribution in [0.1, 0.15) is 37.6 Å². The van der Waals surface area contributed by atoms with Crippen molar-refractivity contribution in [2.75, 3.05) is 0 Å². The quantitative estimate of drug-likeness (QED) is 0.678. The lowest BCUT2D eigenvalue weighted by molar-refractivity contribution is 0.520. The van der Waals surface area contributed by atoms with E-state index >= 15 is 0 Å². The van der Waals surface area contributed by atoms with Crippen molar-refractivity contribution in [3.05, 3.63) is 17.5 Å². The van der Waals surface area contributed by atoms with Gasteiger partial charge in [0.15, 0.2) is 0 Å². The lowest BCUT2D eigenvalue weighted by atomic mass is 9.89. The van der Waals surface area contributed by atoms with E-state index in [0.717, 1.165) is 19.3 Å². The molecule has 1 heterocycles. The van der Waals surface area contributed by atoms with Crippen LogP contribution in [0.15, 0.2) is 6.20 Å². The summed E-state index contributed by atoms with van der Waals surface area (Å²) in [6, 6.07) is 2.76. The molecule has 0 fully saturated rings. The van der Waals surface area contributed by atoms with Crippen LogP contribution < -0.4 is 0 Å². The second kappa shape index (κ2) is 3.45. The van der Waals surface area contributed by atoms with Crippen LogP contribution in [0.5, 0.6) is 0 Å². The van der Waals surface area contributed by atoms with Gasteiger partial charge >= 0.3 is 0 Å². The van der Waals surface area contributed by atoms with Crippen molar-refractivity contribution in [2.24, 2.45) is 5.92 Å². The van der Waals surface area contributed by atoms with Crippen molar-refractivity contribution in [2.45, 2.75) is 39.2 Å². The summed E-state index contributed by atoms with van der Waals surface area (Å²) in [6.07, 6.45) is 4.92. The van der Waals surface area contributed by atoms with Crippen molar-refractivity contribution >= 4 is 0 Å². The normalized spacial score (nSPS) is 20.6. The molecule has 1 unspecified atom stereocenters. The fourth-order valence-electron chi connectivity index (χ4n) is 1.90. The Morgan fingerprint density at radius 3 is 3.07 bits per heavy atom. The van der Waals surface area contributed by atoms with E-state index < -0.39 is 0 Å². The third kappa shape index (κ3) is 1.52. The van der Waals surface area contributed by atoms with Crippen LogP contribution in [-0.4, -0.2) is 9.78 Å². The minimum Gasteiger partial charge on any atom is -0.270 e. The molecule has 1 aromatic heterocycles. The van der Waals surface area contributed by atoms with Gasteiger partial charge < -0.3 is 0 Å². The van der Waals surface area contributed by atoms with Crippen LogP contribution in [0, 0.1) is 17.2 Å². The van der Waals surface area contributed by atoms with Crippen molar-refractivity contribution in [3.63, 3.8) is 0 Å². The molecule has 1 atom stereocenters. The Labute approximate surface area is 84.3 Å². The van der Waals surface area contributed by atoms with Crippen LogP contribution >= 0.6 is 0 Å². The molecule has 0 aliphatic heterocycles. The fourth-order valence-corrected chi connectivity index (χ4v) is 1.90. The summed E-state index contributed by atoms with van der Waals surface area (Å²) in [5.74, 6) is 0.201. The monoisotopic (exact) mass is 189 g/mol. The maximum Gasteiger partial charge on any atom is 0.0659 e. The number of aryl methyl sites for hydroxylation is 1. The van der Waals surface area contributed by atoms with Crippen LogP contribution in [-0.2, 0) is 12.8 Å². The highest BCUT2D eigenvalue weighted by molar-refractivity contribution is 5.22. The second-order valence-corrected chi connectivity index (χ2v) is 4.24. The molecule has 0 amide bonds. The van der Waals surface area contributed by atoms with E-state index in [0.29, 0.717) is 6.04 Å². The Hall–Kier alpha value is -1.30. The van der Waals surface area contributed by atoms with E-state index in [9.17, 15) is 0 Å². The average Bonchev–Trinajstić information content (AvgIpc) is 2.59. The third-order valence-electron chi connectivity index (χ3n) is 2.80. The first-order valence-electron chi connectivity index (χ1n) is 5.17. The number of nitriles is 1. The van der Waals surface area contributed by atoms with Crippen molar-refractivity contribution < 1.29 is 0 Å². The molecule has 1 aliphatic rings. The highest BCUT2D eigenvalue weighted by Crippen LogP contribution is 2.24. The second-order valence-electron chi connectivity index (χ2n) is 4.24. The van der Waals surface area contributed by atoms with Gasteiger partial charge in [0.05, 0.1) is 17.7 Å². The molecule has 0 radical (unpaired) electrons. The van der Waals surface area contributed by atoms with Gasteiger partial charge in [-0.1, -0.05) is 0 Å². The summed E-state index contributed by atoms with van der Waals surface area (Å²) in [5.41, 5.74) is 2.47. The molecule has 0 bridgehead atoms. The molecule has 3 heteroatoms. The maximum atomic E-state index is 8.86. The first-order valence-corrected chi connectivity index (χ1v) is 5.17. The molecular weight excluding hydrogens is 174 g/mol. The summed E-state index contributed by atoms with van der Waals surface area (Å²) in [7, 11) is 0. The van der Waals surface area contributed by atoms with Crippen LogP contribution in [0.4, 0.5) is 0 Å². The Balaban J connectivity index is 2.26. The summed E-state index contributed by atoms with van der Waals surface area (Å²) in [6.45, 7) is 4.25. The summed E-state index contributed by atoms with van der Waals surface area (Å²) >= 11 is 0. The van der Waals surface area contributed by atoms with E-state index in [2.05, 4.69) is 31.2 Å². The van der Waals surface area contributed by atoms with Gasteiger partial charge in [-0.15, -0.1) is 0 Å². The average molecular weight is 189 g/mol. The molecule has 74 valence electrons. The molecule has 0 spiro atoms. The van der Waals surface area contributed by atoms with Crippen LogP contribution in [0.3, 0.4) is 0 Å². The number of fused-ring (bicyclic) bond motifs is 1. The lowest BCUT2D eigenvalue weighted by Gasteiger charge is -2.13. The molecule has 0 aromatic carbocycles. The van der Waals surface area contributed by atoms with E-state index in [-0.39, 0.29) is 5.92 Å².